The van der Waals surface area contributed by atoms with E-state index in [1.54, 1.807) is 18.3 Å². The van der Waals surface area contributed by atoms with Gasteiger partial charge in [-0.25, -0.2) is 0 Å². The van der Waals surface area contributed by atoms with Gasteiger partial charge in [-0.05, 0) is 53.2 Å². The predicted octanol–water partition coefficient (Wildman–Crippen LogP) is 4.99. The Morgan fingerprint density at radius 1 is 1.18 bits per heavy atom. The topological polar surface area (TPSA) is 63.0 Å². The Hall–Kier alpha value is -2.86. The van der Waals surface area contributed by atoms with Crippen LogP contribution in [0.4, 0.5) is 13.2 Å². The summed E-state index contributed by atoms with van der Waals surface area (Å²) in [5.74, 6) is -0.290. The molecule has 38 heavy (non-hydrogen) atoms. The molecule has 0 bridgehead atoms. The minimum Gasteiger partial charge on any atom is -0.379 e. The van der Waals surface area contributed by atoms with Gasteiger partial charge in [-0.3, -0.25) is 14.4 Å². The molecule has 0 atom stereocenters. The molecule has 7 nitrogen and oxygen atoms in total. The van der Waals surface area contributed by atoms with Crippen LogP contribution in [0.1, 0.15) is 16.7 Å². The number of rotatable bonds is 6. The molecule has 1 aromatic heterocycles. The zero-order valence-corrected chi connectivity index (χ0v) is 22.1. The summed E-state index contributed by atoms with van der Waals surface area (Å²) < 4.78 is 47.4. The monoisotopic (exact) mass is 563 g/mol. The van der Waals surface area contributed by atoms with E-state index in [1.807, 2.05) is 24.1 Å². The third-order valence-corrected chi connectivity index (χ3v) is 7.79. The van der Waals surface area contributed by atoms with Crippen LogP contribution < -0.4 is 0 Å². The second-order valence-corrected chi connectivity index (χ2v) is 10.6. The lowest BCUT2D eigenvalue weighted by atomic mass is 10.1. The lowest BCUT2D eigenvalue weighted by Crippen LogP contribution is -2.41. The van der Waals surface area contributed by atoms with Gasteiger partial charge in [-0.1, -0.05) is 23.7 Å². The van der Waals surface area contributed by atoms with Crippen molar-refractivity contribution in [2.24, 2.45) is 4.99 Å². The molecule has 0 radical (unpaired) electrons. The number of hydrogen-bond donors (Lipinski definition) is 0. The van der Waals surface area contributed by atoms with Crippen molar-refractivity contribution in [2.45, 2.75) is 12.7 Å². The van der Waals surface area contributed by atoms with Gasteiger partial charge in [0.05, 0.1) is 41.9 Å². The molecule has 5 rings (SSSR count). The first-order valence-corrected chi connectivity index (χ1v) is 13.2. The molecule has 3 heterocycles. The summed E-state index contributed by atoms with van der Waals surface area (Å²) in [6.07, 6.45) is -1.14. The van der Waals surface area contributed by atoms with Crippen LogP contribution in [0, 0.1) is 0 Å². The summed E-state index contributed by atoms with van der Waals surface area (Å²) in [5, 5.41) is 5.74. The van der Waals surface area contributed by atoms with Crippen molar-refractivity contribution in [3.05, 3.63) is 69.2 Å². The Kier molecular flexibility index (Phi) is 7.80. The van der Waals surface area contributed by atoms with Gasteiger partial charge in [0, 0.05) is 43.6 Å². The number of amides is 1. The lowest BCUT2D eigenvalue weighted by molar-refractivity contribution is -0.138. The van der Waals surface area contributed by atoms with E-state index in [0.29, 0.717) is 15.6 Å². The first-order chi connectivity index (χ1) is 18.2. The molecular formula is C26H25ClF3N5O2S. The van der Waals surface area contributed by atoms with Crippen LogP contribution in [-0.2, 0) is 22.3 Å². The molecule has 1 saturated heterocycles. The Morgan fingerprint density at radius 3 is 2.74 bits per heavy atom. The zero-order chi connectivity index (χ0) is 26.9. The van der Waals surface area contributed by atoms with Crippen molar-refractivity contribution in [3.63, 3.8) is 0 Å². The summed E-state index contributed by atoms with van der Waals surface area (Å²) in [5.41, 5.74) is 0.758. The molecule has 12 heteroatoms. The molecular weight excluding hydrogens is 539 g/mol. The number of alkyl halides is 3. The molecule has 0 unspecified atom stereocenters. The second kappa shape index (κ2) is 11.1. The van der Waals surface area contributed by atoms with E-state index in [4.69, 9.17) is 16.3 Å². The number of carbonyl (C=O) groups is 1. The van der Waals surface area contributed by atoms with Crippen LogP contribution in [0.25, 0.3) is 17.0 Å². The van der Waals surface area contributed by atoms with E-state index >= 15 is 0 Å². The SMILES string of the molecule is CN(CCN1CCOCC1)C1=NC(=O)/C(=C/c2ccc3c(cnn3Cc3ccc(Cl)cc3C(F)(F)F)c2)S1. The fourth-order valence-corrected chi connectivity index (χ4v) is 5.43. The average molecular weight is 564 g/mol. The number of benzene rings is 2. The van der Waals surface area contributed by atoms with E-state index in [1.165, 1.54) is 28.6 Å². The number of carbonyl (C=O) groups excluding carboxylic acids is 1. The number of ether oxygens (including phenoxy) is 1. The normalized spacial score (nSPS) is 18.0. The number of aromatic nitrogens is 2. The third kappa shape index (κ3) is 6.06. The van der Waals surface area contributed by atoms with Crippen molar-refractivity contribution in [2.75, 3.05) is 46.4 Å². The van der Waals surface area contributed by atoms with Gasteiger partial charge in [0.25, 0.3) is 5.91 Å². The third-order valence-electron chi connectivity index (χ3n) is 6.45. The standard InChI is InChI=1S/C26H25ClF3N5O2S/c1-33(6-7-34-8-10-37-11-9-34)25-32-24(36)23(38-25)13-17-2-5-22-19(12-17)15-31-35(22)16-18-3-4-20(27)14-21(18)26(28,29)30/h2-5,12-15H,6-11,16H2,1H3/b23-13-. The van der Waals surface area contributed by atoms with Gasteiger partial charge in [-0.2, -0.15) is 23.3 Å². The minimum atomic E-state index is -4.52. The summed E-state index contributed by atoms with van der Waals surface area (Å²) in [6.45, 7) is 4.85. The maximum atomic E-state index is 13.5. The molecule has 2 aliphatic rings. The van der Waals surface area contributed by atoms with Crippen molar-refractivity contribution in [1.82, 2.24) is 19.6 Å². The lowest BCUT2D eigenvalue weighted by Gasteiger charge is -2.28. The Morgan fingerprint density at radius 2 is 1.97 bits per heavy atom. The van der Waals surface area contributed by atoms with Gasteiger partial charge in [-0.15, -0.1) is 0 Å². The number of halogens is 4. The number of morpholine rings is 1. The minimum absolute atomic E-state index is 0.0267. The molecule has 1 fully saturated rings. The van der Waals surface area contributed by atoms with Crippen molar-refractivity contribution in [3.8, 4) is 0 Å². The van der Waals surface area contributed by atoms with Crippen LogP contribution >= 0.6 is 23.4 Å². The number of nitrogens with zero attached hydrogens (tertiary/aromatic N) is 5. The first-order valence-electron chi connectivity index (χ1n) is 12.0. The van der Waals surface area contributed by atoms with Gasteiger partial charge in [0.15, 0.2) is 5.17 Å². The fourth-order valence-electron chi connectivity index (χ4n) is 4.36. The second-order valence-electron chi connectivity index (χ2n) is 9.11. The zero-order valence-electron chi connectivity index (χ0n) is 20.5. The van der Waals surface area contributed by atoms with Gasteiger partial charge < -0.3 is 9.64 Å². The Balaban J connectivity index is 1.28. The van der Waals surface area contributed by atoms with Crippen LogP contribution in [0.15, 0.2) is 52.5 Å². The summed E-state index contributed by atoms with van der Waals surface area (Å²) in [6, 6.07) is 9.20. The van der Waals surface area contributed by atoms with E-state index in [0.717, 1.165) is 56.4 Å². The number of aliphatic imine (C=N–C) groups is 1. The summed E-state index contributed by atoms with van der Waals surface area (Å²) in [4.78, 5) is 21.6. The van der Waals surface area contributed by atoms with Crippen molar-refractivity contribution in [1.29, 1.82) is 0 Å². The first kappa shape index (κ1) is 26.7. The molecule has 1 amide bonds. The highest BCUT2D eigenvalue weighted by molar-refractivity contribution is 8.18. The van der Waals surface area contributed by atoms with Gasteiger partial charge in [0.2, 0.25) is 0 Å². The number of amidine groups is 1. The number of likely N-dealkylation sites (N-methyl/N-ethyl adjacent to an activating group) is 1. The van der Waals surface area contributed by atoms with E-state index in [2.05, 4.69) is 15.0 Å². The average Bonchev–Trinajstić information content (AvgIpc) is 3.46. The molecule has 0 N–H and O–H groups in total. The van der Waals surface area contributed by atoms with Crippen LogP contribution in [-0.4, -0.2) is 77.1 Å². The van der Waals surface area contributed by atoms with Crippen LogP contribution in [0.5, 0.6) is 0 Å². The maximum absolute atomic E-state index is 13.5. The van der Waals surface area contributed by atoms with Gasteiger partial charge in [0.1, 0.15) is 0 Å². The van der Waals surface area contributed by atoms with Crippen LogP contribution in [0.2, 0.25) is 5.02 Å². The maximum Gasteiger partial charge on any atom is 0.416 e. The van der Waals surface area contributed by atoms with E-state index in [-0.39, 0.29) is 23.0 Å². The predicted molar refractivity (Wildman–Crippen MR) is 143 cm³/mol. The molecule has 2 aromatic carbocycles. The molecule has 0 spiro atoms. The Bertz CT molecular complexity index is 1420. The molecule has 200 valence electrons. The fraction of sp³-hybridized carbons (Fsp3) is 0.346. The van der Waals surface area contributed by atoms with Crippen molar-refractivity contribution >= 4 is 51.4 Å². The van der Waals surface area contributed by atoms with Crippen molar-refractivity contribution < 1.29 is 22.7 Å². The highest BCUT2D eigenvalue weighted by Gasteiger charge is 2.33. The summed E-state index contributed by atoms with van der Waals surface area (Å²) in [7, 11) is 1.92. The number of fused-ring (bicyclic) bond motifs is 1. The highest BCUT2D eigenvalue weighted by Crippen LogP contribution is 2.35. The van der Waals surface area contributed by atoms with E-state index in [9.17, 15) is 18.0 Å². The largest absolute Gasteiger partial charge is 0.416 e. The molecule has 0 saturated carbocycles. The quantitative estimate of drug-likeness (QED) is 0.394. The van der Waals surface area contributed by atoms with Crippen LogP contribution in [0.3, 0.4) is 0 Å². The highest BCUT2D eigenvalue weighted by atomic mass is 35.5. The van der Waals surface area contributed by atoms with Gasteiger partial charge >= 0.3 is 6.18 Å². The Labute approximate surface area is 226 Å². The number of hydrogen-bond acceptors (Lipinski definition) is 6. The smallest absolute Gasteiger partial charge is 0.379 e. The summed E-state index contributed by atoms with van der Waals surface area (Å²) >= 11 is 7.13. The number of thioether (sulfide) groups is 1. The molecule has 2 aliphatic heterocycles. The van der Waals surface area contributed by atoms with E-state index < -0.39 is 11.7 Å². The molecule has 0 aliphatic carbocycles. The molecule has 3 aromatic rings.